The molecule has 3 unspecified atom stereocenters. The maximum absolute atomic E-state index is 4.57. The standard InChI is InChI=1S/C12H24N2/c1-4-7-11-10(6-3)9-13-12(14-11)8-5-2/h9-12,14H,4-8H2,1-3H3. The van der Waals surface area contributed by atoms with Crippen molar-refractivity contribution in [2.24, 2.45) is 10.9 Å². The molecule has 2 heteroatoms. The summed E-state index contributed by atoms with van der Waals surface area (Å²) in [5, 5.41) is 3.66. The average molecular weight is 196 g/mol. The maximum atomic E-state index is 4.57. The summed E-state index contributed by atoms with van der Waals surface area (Å²) in [4.78, 5) is 4.57. The van der Waals surface area contributed by atoms with Gasteiger partial charge in [-0.2, -0.15) is 0 Å². The average Bonchev–Trinajstić information content (AvgIpc) is 2.19. The molecular formula is C12H24N2. The van der Waals surface area contributed by atoms with Crippen LogP contribution in [0.2, 0.25) is 0 Å². The third-order valence-corrected chi connectivity index (χ3v) is 3.01. The van der Waals surface area contributed by atoms with Gasteiger partial charge in [0, 0.05) is 18.2 Å². The van der Waals surface area contributed by atoms with E-state index in [1.807, 2.05) is 0 Å². The Morgan fingerprint density at radius 3 is 2.43 bits per heavy atom. The van der Waals surface area contributed by atoms with Crippen molar-refractivity contribution in [3.63, 3.8) is 0 Å². The molecule has 0 amide bonds. The van der Waals surface area contributed by atoms with Crippen molar-refractivity contribution < 1.29 is 0 Å². The molecule has 2 nitrogen and oxygen atoms in total. The van der Waals surface area contributed by atoms with Gasteiger partial charge >= 0.3 is 0 Å². The lowest BCUT2D eigenvalue weighted by Crippen LogP contribution is -2.46. The molecule has 0 saturated carbocycles. The van der Waals surface area contributed by atoms with E-state index in [-0.39, 0.29) is 0 Å². The van der Waals surface area contributed by atoms with Crippen LogP contribution in [0.5, 0.6) is 0 Å². The van der Waals surface area contributed by atoms with E-state index in [4.69, 9.17) is 0 Å². The summed E-state index contributed by atoms with van der Waals surface area (Å²) in [7, 11) is 0. The normalized spacial score (nSPS) is 32.1. The van der Waals surface area contributed by atoms with E-state index in [1.54, 1.807) is 0 Å². The first-order valence-corrected chi connectivity index (χ1v) is 6.11. The first-order valence-electron chi connectivity index (χ1n) is 6.11. The van der Waals surface area contributed by atoms with Crippen molar-refractivity contribution in [1.29, 1.82) is 0 Å². The Bertz CT molecular complexity index is 177. The summed E-state index contributed by atoms with van der Waals surface area (Å²) in [6.45, 7) is 6.73. The second-order valence-electron chi connectivity index (χ2n) is 4.24. The first kappa shape index (κ1) is 11.7. The molecule has 3 atom stereocenters. The van der Waals surface area contributed by atoms with E-state index in [0.29, 0.717) is 18.1 Å². The fraction of sp³-hybridized carbons (Fsp3) is 0.917. The largest absolute Gasteiger partial charge is 0.292 e. The van der Waals surface area contributed by atoms with E-state index in [2.05, 4.69) is 37.3 Å². The molecule has 1 heterocycles. The molecule has 1 aliphatic heterocycles. The minimum Gasteiger partial charge on any atom is -0.292 e. The molecular weight excluding hydrogens is 172 g/mol. The number of nitrogens with one attached hydrogen (secondary N) is 1. The van der Waals surface area contributed by atoms with Gasteiger partial charge in [-0.05, 0) is 19.3 Å². The van der Waals surface area contributed by atoms with Crippen LogP contribution in [0.4, 0.5) is 0 Å². The number of rotatable bonds is 5. The van der Waals surface area contributed by atoms with Crippen molar-refractivity contribution in [1.82, 2.24) is 5.32 Å². The number of hydrogen-bond donors (Lipinski definition) is 1. The lowest BCUT2D eigenvalue weighted by molar-refractivity contribution is 0.322. The highest BCUT2D eigenvalue weighted by Gasteiger charge is 2.23. The van der Waals surface area contributed by atoms with Gasteiger partial charge in [0.1, 0.15) is 0 Å². The fourth-order valence-electron chi connectivity index (χ4n) is 2.16. The van der Waals surface area contributed by atoms with Gasteiger partial charge in [-0.15, -0.1) is 0 Å². The molecule has 0 radical (unpaired) electrons. The molecule has 0 aromatic heterocycles. The Morgan fingerprint density at radius 2 is 1.86 bits per heavy atom. The van der Waals surface area contributed by atoms with E-state index < -0.39 is 0 Å². The monoisotopic (exact) mass is 196 g/mol. The van der Waals surface area contributed by atoms with Gasteiger partial charge in [-0.1, -0.05) is 33.6 Å². The summed E-state index contributed by atoms with van der Waals surface area (Å²) in [5.41, 5.74) is 0. The fourth-order valence-corrected chi connectivity index (χ4v) is 2.16. The quantitative estimate of drug-likeness (QED) is 0.718. The summed E-state index contributed by atoms with van der Waals surface area (Å²) in [6.07, 6.45) is 8.72. The first-order chi connectivity index (χ1) is 6.81. The molecule has 0 fully saturated rings. The lowest BCUT2D eigenvalue weighted by Gasteiger charge is -2.32. The predicted octanol–water partition coefficient (Wildman–Crippen LogP) is 2.98. The van der Waals surface area contributed by atoms with Gasteiger partial charge in [0.05, 0.1) is 6.17 Å². The molecule has 1 rings (SSSR count). The van der Waals surface area contributed by atoms with Crippen LogP contribution in [0.1, 0.15) is 52.9 Å². The van der Waals surface area contributed by atoms with Gasteiger partial charge in [-0.3, -0.25) is 10.3 Å². The van der Waals surface area contributed by atoms with Crippen molar-refractivity contribution in [3.8, 4) is 0 Å². The summed E-state index contributed by atoms with van der Waals surface area (Å²) in [6, 6.07) is 0.666. The molecule has 0 aliphatic carbocycles. The summed E-state index contributed by atoms with van der Waals surface area (Å²) >= 11 is 0. The zero-order valence-electron chi connectivity index (χ0n) is 9.79. The zero-order valence-corrected chi connectivity index (χ0v) is 9.79. The highest BCUT2D eigenvalue weighted by molar-refractivity contribution is 5.63. The second kappa shape index (κ2) is 6.18. The molecule has 0 saturated heterocycles. The topological polar surface area (TPSA) is 24.4 Å². The predicted molar refractivity (Wildman–Crippen MR) is 62.8 cm³/mol. The Morgan fingerprint density at radius 1 is 1.14 bits per heavy atom. The minimum absolute atomic E-state index is 0.388. The molecule has 1 N–H and O–H groups in total. The molecule has 14 heavy (non-hydrogen) atoms. The Hall–Kier alpha value is -0.370. The van der Waals surface area contributed by atoms with E-state index in [1.165, 1.54) is 32.1 Å². The smallest absolute Gasteiger partial charge is 0.0992 e. The number of aliphatic imine (C=N–C) groups is 1. The molecule has 0 bridgehead atoms. The maximum Gasteiger partial charge on any atom is 0.0992 e. The SMILES string of the molecule is CCCC1N=CC(CC)C(CCC)N1. The van der Waals surface area contributed by atoms with Gasteiger partial charge in [-0.25, -0.2) is 0 Å². The minimum atomic E-state index is 0.388. The van der Waals surface area contributed by atoms with Crippen LogP contribution < -0.4 is 5.32 Å². The summed E-state index contributed by atoms with van der Waals surface area (Å²) in [5.74, 6) is 0.656. The van der Waals surface area contributed by atoms with Crippen molar-refractivity contribution >= 4 is 6.21 Å². The second-order valence-corrected chi connectivity index (χ2v) is 4.24. The highest BCUT2D eigenvalue weighted by Crippen LogP contribution is 2.18. The number of hydrogen-bond acceptors (Lipinski definition) is 2. The van der Waals surface area contributed by atoms with Gasteiger partial charge in [0.15, 0.2) is 0 Å². The van der Waals surface area contributed by atoms with Crippen molar-refractivity contribution in [2.45, 2.75) is 65.1 Å². The van der Waals surface area contributed by atoms with Gasteiger partial charge in [0.25, 0.3) is 0 Å². The molecule has 0 aromatic rings. The van der Waals surface area contributed by atoms with Crippen LogP contribution in [0.15, 0.2) is 4.99 Å². The number of nitrogens with zero attached hydrogens (tertiary/aromatic N) is 1. The van der Waals surface area contributed by atoms with Gasteiger partial charge < -0.3 is 0 Å². The van der Waals surface area contributed by atoms with E-state index in [0.717, 1.165) is 0 Å². The van der Waals surface area contributed by atoms with Crippen LogP contribution in [-0.4, -0.2) is 18.4 Å². The lowest BCUT2D eigenvalue weighted by atomic mass is 9.92. The molecule has 0 spiro atoms. The molecule has 82 valence electrons. The van der Waals surface area contributed by atoms with Crippen molar-refractivity contribution in [2.75, 3.05) is 0 Å². The molecule has 1 aliphatic rings. The van der Waals surface area contributed by atoms with Crippen LogP contribution in [0, 0.1) is 5.92 Å². The molecule has 0 aromatic carbocycles. The van der Waals surface area contributed by atoms with E-state index in [9.17, 15) is 0 Å². The van der Waals surface area contributed by atoms with Crippen LogP contribution in [0.3, 0.4) is 0 Å². The Kier molecular flexibility index (Phi) is 5.16. The van der Waals surface area contributed by atoms with Crippen LogP contribution >= 0.6 is 0 Å². The third-order valence-electron chi connectivity index (χ3n) is 3.01. The van der Waals surface area contributed by atoms with E-state index >= 15 is 0 Å². The summed E-state index contributed by atoms with van der Waals surface area (Å²) < 4.78 is 0. The Balaban J connectivity index is 2.51. The van der Waals surface area contributed by atoms with Crippen LogP contribution in [-0.2, 0) is 0 Å². The third kappa shape index (κ3) is 3.09. The highest BCUT2D eigenvalue weighted by atomic mass is 15.1. The Labute approximate surface area is 88.2 Å². The van der Waals surface area contributed by atoms with Gasteiger partial charge in [0.2, 0.25) is 0 Å². The van der Waals surface area contributed by atoms with Crippen molar-refractivity contribution in [3.05, 3.63) is 0 Å². The van der Waals surface area contributed by atoms with Crippen LogP contribution in [0.25, 0.3) is 0 Å². The zero-order chi connectivity index (χ0) is 10.4.